The van der Waals surface area contributed by atoms with E-state index in [1.807, 2.05) is 6.92 Å². The van der Waals surface area contributed by atoms with Gasteiger partial charge in [0.25, 0.3) is 0 Å². The van der Waals surface area contributed by atoms with Gasteiger partial charge in [0.1, 0.15) is 11.8 Å². The van der Waals surface area contributed by atoms with Crippen LogP contribution in [0.3, 0.4) is 0 Å². The second kappa shape index (κ2) is 15.4. The van der Waals surface area contributed by atoms with Gasteiger partial charge in [-0.3, -0.25) is 4.79 Å². The number of nitrogens with one attached hydrogen (secondary N) is 2. The first-order valence-electron chi connectivity index (χ1n) is 11.0. The van der Waals surface area contributed by atoms with E-state index in [0.717, 1.165) is 37.9 Å². The molecule has 10 heteroatoms. The predicted octanol–water partition coefficient (Wildman–Crippen LogP) is 1.94. The summed E-state index contributed by atoms with van der Waals surface area (Å²) in [6.07, 6.45) is 4.80. The van der Waals surface area contributed by atoms with E-state index >= 15 is 0 Å². The number of sulfone groups is 1. The first-order chi connectivity index (χ1) is 14.3. The number of phenols is 1. The highest BCUT2D eigenvalue weighted by Crippen LogP contribution is 2.27. The minimum atomic E-state index is -3.15. The van der Waals surface area contributed by atoms with Gasteiger partial charge < -0.3 is 26.3 Å². The molecule has 1 aromatic rings. The Balaban J connectivity index is 0.00000480. The lowest BCUT2D eigenvalue weighted by molar-refractivity contribution is -0.139. The number of carbonyl (C=O) groups is 1. The van der Waals surface area contributed by atoms with E-state index in [9.17, 15) is 23.4 Å². The third-order valence-electron chi connectivity index (χ3n) is 5.88. The van der Waals surface area contributed by atoms with Crippen molar-refractivity contribution >= 4 is 28.2 Å². The summed E-state index contributed by atoms with van der Waals surface area (Å²) in [7, 11) is -3.15. The number of aromatic hydroxyl groups is 1. The SMILES string of the molecule is CCCCS(=O)(=O)C(CCCN[C@@H](Cc1ccc(O)cc1)C(=O)O)C1CCNCC1.Cl.O. The van der Waals surface area contributed by atoms with Crippen LogP contribution in [0.5, 0.6) is 5.75 Å². The molecular formula is C22H39ClN2O6S. The first kappa shape index (κ1) is 30.6. The Morgan fingerprint density at radius 3 is 2.38 bits per heavy atom. The number of rotatable bonds is 13. The number of halogens is 1. The topological polar surface area (TPSA) is 147 Å². The largest absolute Gasteiger partial charge is 0.508 e. The molecule has 186 valence electrons. The standard InChI is InChI=1S/C22H36N2O5S.ClH.H2O/c1-2-3-15-30(28,29)21(18-10-13-23-14-11-18)5-4-12-24-20(22(26)27)16-17-6-8-19(25)9-7-17;;/h6-9,18,20-21,23-25H,2-5,10-16H2,1H3,(H,26,27);1H;1H2/t20-,21?;;/m0../s1. The summed E-state index contributed by atoms with van der Waals surface area (Å²) in [6, 6.07) is 5.75. The van der Waals surface area contributed by atoms with Crippen LogP contribution in [-0.2, 0) is 21.1 Å². The van der Waals surface area contributed by atoms with E-state index in [-0.39, 0.29) is 40.6 Å². The van der Waals surface area contributed by atoms with E-state index in [1.165, 1.54) is 0 Å². The molecule has 1 unspecified atom stereocenters. The molecule has 0 radical (unpaired) electrons. The molecule has 32 heavy (non-hydrogen) atoms. The summed E-state index contributed by atoms with van der Waals surface area (Å²) in [5.74, 6) is -0.370. The van der Waals surface area contributed by atoms with Gasteiger partial charge in [-0.1, -0.05) is 25.5 Å². The molecule has 6 N–H and O–H groups in total. The third-order valence-corrected chi connectivity index (χ3v) is 8.28. The van der Waals surface area contributed by atoms with Crippen molar-refractivity contribution in [3.63, 3.8) is 0 Å². The Morgan fingerprint density at radius 2 is 1.81 bits per heavy atom. The molecule has 0 aliphatic carbocycles. The lowest BCUT2D eigenvalue weighted by Gasteiger charge is -2.30. The van der Waals surface area contributed by atoms with Crippen molar-refractivity contribution in [3.8, 4) is 5.75 Å². The van der Waals surface area contributed by atoms with Gasteiger partial charge in [0.15, 0.2) is 9.84 Å². The van der Waals surface area contributed by atoms with Crippen LogP contribution < -0.4 is 10.6 Å². The number of benzene rings is 1. The lowest BCUT2D eigenvalue weighted by Crippen LogP contribution is -2.41. The molecule has 0 aromatic heterocycles. The monoisotopic (exact) mass is 494 g/mol. The second-order valence-corrected chi connectivity index (χ2v) is 10.5. The third kappa shape index (κ3) is 10.0. The van der Waals surface area contributed by atoms with Crippen molar-refractivity contribution in [2.45, 2.75) is 63.2 Å². The zero-order valence-electron chi connectivity index (χ0n) is 18.8. The van der Waals surface area contributed by atoms with Gasteiger partial charge in [-0.15, -0.1) is 12.4 Å². The predicted molar refractivity (Wildman–Crippen MR) is 129 cm³/mol. The van der Waals surface area contributed by atoms with E-state index in [1.54, 1.807) is 24.3 Å². The van der Waals surface area contributed by atoms with E-state index < -0.39 is 21.8 Å². The minimum absolute atomic E-state index is 0. The quantitative estimate of drug-likeness (QED) is 0.306. The molecule has 2 rings (SSSR count). The Morgan fingerprint density at radius 1 is 1.19 bits per heavy atom. The molecule has 8 nitrogen and oxygen atoms in total. The smallest absolute Gasteiger partial charge is 0.321 e. The van der Waals surface area contributed by atoms with Crippen LogP contribution in [-0.4, -0.2) is 66.8 Å². The molecule has 0 amide bonds. The molecule has 1 aromatic carbocycles. The Hall–Kier alpha value is -1.39. The van der Waals surface area contributed by atoms with Crippen LogP contribution in [0.25, 0.3) is 0 Å². The molecular weight excluding hydrogens is 456 g/mol. The van der Waals surface area contributed by atoms with Gasteiger partial charge in [-0.25, -0.2) is 8.42 Å². The molecule has 2 atom stereocenters. The average molecular weight is 495 g/mol. The number of hydrogen-bond donors (Lipinski definition) is 4. The van der Waals surface area contributed by atoms with Gasteiger partial charge in [0, 0.05) is 0 Å². The summed E-state index contributed by atoms with van der Waals surface area (Å²) in [5, 5.41) is 24.9. The summed E-state index contributed by atoms with van der Waals surface area (Å²) in [6.45, 7) is 4.17. The number of piperidine rings is 1. The number of hydrogen-bond acceptors (Lipinski definition) is 6. The van der Waals surface area contributed by atoms with Gasteiger partial charge in [-0.2, -0.15) is 0 Å². The minimum Gasteiger partial charge on any atom is -0.508 e. The molecule has 1 saturated heterocycles. The highest BCUT2D eigenvalue weighted by atomic mass is 35.5. The zero-order chi connectivity index (χ0) is 22.0. The van der Waals surface area contributed by atoms with Crippen molar-refractivity contribution in [2.75, 3.05) is 25.4 Å². The molecule has 1 fully saturated rings. The van der Waals surface area contributed by atoms with Crippen LogP contribution in [0.2, 0.25) is 0 Å². The number of carboxylic acid groups (broad SMARTS) is 1. The molecule has 0 saturated carbocycles. The molecule has 0 spiro atoms. The van der Waals surface area contributed by atoms with Crippen molar-refractivity contribution in [1.29, 1.82) is 0 Å². The Kier molecular flexibility index (Phi) is 14.8. The summed E-state index contributed by atoms with van der Waals surface area (Å²) in [5.41, 5.74) is 0.822. The lowest BCUT2D eigenvalue weighted by atomic mass is 9.92. The van der Waals surface area contributed by atoms with Crippen molar-refractivity contribution in [1.82, 2.24) is 10.6 Å². The van der Waals surface area contributed by atoms with E-state index in [4.69, 9.17) is 0 Å². The fourth-order valence-electron chi connectivity index (χ4n) is 4.12. The maximum Gasteiger partial charge on any atom is 0.321 e. The maximum absolute atomic E-state index is 12.9. The fraction of sp³-hybridized carbons (Fsp3) is 0.682. The zero-order valence-corrected chi connectivity index (χ0v) is 20.4. The van der Waals surface area contributed by atoms with Crippen LogP contribution in [0.1, 0.15) is 51.0 Å². The summed E-state index contributed by atoms with van der Waals surface area (Å²) >= 11 is 0. The molecule has 0 bridgehead atoms. The Labute approximate surface area is 197 Å². The fourth-order valence-corrected chi connectivity index (χ4v) is 6.49. The van der Waals surface area contributed by atoms with Gasteiger partial charge in [0.05, 0.1) is 11.0 Å². The van der Waals surface area contributed by atoms with Gasteiger partial charge >= 0.3 is 5.97 Å². The summed E-state index contributed by atoms with van der Waals surface area (Å²) in [4.78, 5) is 11.6. The van der Waals surface area contributed by atoms with Crippen molar-refractivity contribution in [2.24, 2.45) is 5.92 Å². The summed E-state index contributed by atoms with van der Waals surface area (Å²) < 4.78 is 25.9. The normalized spacial score (nSPS) is 16.4. The van der Waals surface area contributed by atoms with Crippen molar-refractivity contribution in [3.05, 3.63) is 29.8 Å². The second-order valence-electron chi connectivity index (χ2n) is 8.20. The van der Waals surface area contributed by atoms with Crippen LogP contribution >= 0.6 is 12.4 Å². The van der Waals surface area contributed by atoms with Crippen LogP contribution in [0, 0.1) is 5.92 Å². The Bertz CT molecular complexity index is 754. The highest BCUT2D eigenvalue weighted by molar-refractivity contribution is 7.92. The number of phenolic OH excluding ortho intramolecular Hbond substituents is 1. The number of unbranched alkanes of at least 4 members (excludes halogenated alkanes) is 1. The first-order valence-corrected chi connectivity index (χ1v) is 12.7. The molecule has 1 aliphatic heterocycles. The van der Waals surface area contributed by atoms with Crippen molar-refractivity contribution < 1.29 is 28.9 Å². The van der Waals surface area contributed by atoms with Crippen LogP contribution in [0.4, 0.5) is 0 Å². The molecule has 1 aliphatic rings. The molecule has 1 heterocycles. The maximum atomic E-state index is 12.9. The number of carboxylic acids is 1. The van der Waals surface area contributed by atoms with Crippen LogP contribution in [0.15, 0.2) is 24.3 Å². The van der Waals surface area contributed by atoms with E-state index in [0.29, 0.717) is 32.2 Å². The van der Waals surface area contributed by atoms with E-state index in [2.05, 4.69) is 10.6 Å². The highest BCUT2D eigenvalue weighted by Gasteiger charge is 2.33. The van der Waals surface area contributed by atoms with Gasteiger partial charge in [-0.05, 0) is 81.8 Å². The van der Waals surface area contributed by atoms with Gasteiger partial charge in [0.2, 0.25) is 0 Å². The average Bonchev–Trinajstić information content (AvgIpc) is 2.73. The number of aliphatic carboxylic acids is 1.